The summed E-state index contributed by atoms with van der Waals surface area (Å²) in [6, 6.07) is 0. The number of aromatic nitrogens is 2. The van der Waals surface area contributed by atoms with Crippen LogP contribution in [0.5, 0.6) is 0 Å². The van der Waals surface area contributed by atoms with Crippen LogP contribution in [0.15, 0.2) is 12.4 Å². The van der Waals surface area contributed by atoms with Crippen molar-refractivity contribution in [2.75, 3.05) is 5.43 Å². The van der Waals surface area contributed by atoms with E-state index in [1.165, 1.54) is 0 Å². The van der Waals surface area contributed by atoms with Crippen molar-refractivity contribution < 1.29 is 0 Å². The molecule has 0 fully saturated rings. The van der Waals surface area contributed by atoms with Crippen LogP contribution in [-0.2, 0) is 7.05 Å². The maximum Gasteiger partial charge on any atom is 0.216 e. The number of rotatable bonds is 1. The number of nitrogen functional groups attached to an aromatic ring is 1. The van der Waals surface area contributed by atoms with Gasteiger partial charge in [0.15, 0.2) is 0 Å². The van der Waals surface area contributed by atoms with Gasteiger partial charge in [0, 0.05) is 19.4 Å². The highest BCUT2D eigenvalue weighted by atomic mass is 35.5. The van der Waals surface area contributed by atoms with E-state index in [-0.39, 0.29) is 24.8 Å². The lowest BCUT2D eigenvalue weighted by Crippen LogP contribution is -2.10. The van der Waals surface area contributed by atoms with Crippen molar-refractivity contribution in [3.8, 4) is 0 Å². The highest BCUT2D eigenvalue weighted by Crippen LogP contribution is 1.95. The first-order chi connectivity index (χ1) is 3.84. The number of halogens is 2. The topological polar surface area (TPSA) is 55.9 Å². The lowest BCUT2D eigenvalue weighted by Gasteiger charge is -1.95. The first kappa shape index (κ1) is 12.2. The molecular formula is C4H10Cl2N4. The van der Waals surface area contributed by atoms with Gasteiger partial charge in [-0.15, -0.1) is 24.8 Å². The van der Waals surface area contributed by atoms with Crippen molar-refractivity contribution in [1.29, 1.82) is 0 Å². The number of aryl methyl sites for hydroxylation is 1. The maximum absolute atomic E-state index is 5.06. The standard InChI is InChI=1S/C4H8N4.2ClH/c1-8-3-2-6-4(8)7-5;;/h2-3H,5H2,1H3,(H,6,7);2*1H. The predicted molar refractivity (Wildman–Crippen MR) is 45.5 cm³/mol. The third-order valence-electron chi connectivity index (χ3n) is 0.950. The van der Waals surface area contributed by atoms with Gasteiger partial charge in [0.25, 0.3) is 0 Å². The Kier molecular flexibility index (Phi) is 6.54. The summed E-state index contributed by atoms with van der Waals surface area (Å²) in [6.45, 7) is 0. The van der Waals surface area contributed by atoms with E-state index in [4.69, 9.17) is 5.84 Å². The lowest BCUT2D eigenvalue weighted by atomic mass is 10.9. The van der Waals surface area contributed by atoms with Gasteiger partial charge in [-0.3, -0.25) is 5.43 Å². The summed E-state index contributed by atoms with van der Waals surface area (Å²) in [6.07, 6.45) is 3.49. The van der Waals surface area contributed by atoms with Crippen LogP contribution in [0.2, 0.25) is 0 Å². The van der Waals surface area contributed by atoms with Gasteiger partial charge in [-0.1, -0.05) is 0 Å². The van der Waals surface area contributed by atoms with E-state index in [2.05, 4.69) is 10.4 Å². The van der Waals surface area contributed by atoms with Crippen LogP contribution in [0.25, 0.3) is 0 Å². The summed E-state index contributed by atoms with van der Waals surface area (Å²) in [5, 5.41) is 0. The Morgan fingerprint density at radius 1 is 1.60 bits per heavy atom. The van der Waals surface area contributed by atoms with Crippen LogP contribution in [0.1, 0.15) is 0 Å². The average molecular weight is 185 g/mol. The molecule has 6 heteroatoms. The van der Waals surface area contributed by atoms with Crippen molar-refractivity contribution in [2.45, 2.75) is 0 Å². The molecule has 0 amide bonds. The molecule has 0 aliphatic heterocycles. The molecule has 0 atom stereocenters. The fraction of sp³-hybridized carbons (Fsp3) is 0.250. The molecule has 3 N–H and O–H groups in total. The fourth-order valence-corrected chi connectivity index (χ4v) is 0.505. The zero-order chi connectivity index (χ0) is 5.98. The lowest BCUT2D eigenvalue weighted by molar-refractivity contribution is 0.911. The number of nitrogens with one attached hydrogen (secondary N) is 1. The Labute approximate surface area is 71.6 Å². The molecule has 0 saturated carbocycles. The van der Waals surface area contributed by atoms with Crippen molar-refractivity contribution >= 4 is 30.8 Å². The summed E-state index contributed by atoms with van der Waals surface area (Å²) >= 11 is 0. The van der Waals surface area contributed by atoms with Crippen molar-refractivity contribution in [3.05, 3.63) is 12.4 Å². The third-order valence-corrected chi connectivity index (χ3v) is 0.950. The Morgan fingerprint density at radius 2 is 2.20 bits per heavy atom. The molecule has 0 saturated heterocycles. The average Bonchev–Trinajstić information content (AvgIpc) is 2.14. The van der Waals surface area contributed by atoms with Crippen LogP contribution in [0, 0.1) is 0 Å². The van der Waals surface area contributed by atoms with E-state index >= 15 is 0 Å². The van der Waals surface area contributed by atoms with E-state index in [9.17, 15) is 0 Å². The molecule has 60 valence electrons. The first-order valence-electron chi connectivity index (χ1n) is 2.28. The first-order valence-corrected chi connectivity index (χ1v) is 2.28. The van der Waals surface area contributed by atoms with Gasteiger partial charge < -0.3 is 4.57 Å². The second-order valence-corrected chi connectivity index (χ2v) is 1.51. The van der Waals surface area contributed by atoms with Gasteiger partial charge in [0.05, 0.1) is 0 Å². The van der Waals surface area contributed by atoms with Crippen molar-refractivity contribution in [1.82, 2.24) is 9.55 Å². The SMILES string of the molecule is Cl.Cl.Cn1ccnc1NN. The second-order valence-electron chi connectivity index (χ2n) is 1.51. The molecule has 10 heavy (non-hydrogen) atoms. The number of hydrogen-bond acceptors (Lipinski definition) is 3. The fourth-order valence-electron chi connectivity index (χ4n) is 0.505. The van der Waals surface area contributed by atoms with Gasteiger partial charge in [-0.05, 0) is 0 Å². The van der Waals surface area contributed by atoms with Gasteiger partial charge in [-0.2, -0.15) is 0 Å². The van der Waals surface area contributed by atoms with E-state index in [1.807, 2.05) is 13.2 Å². The van der Waals surface area contributed by atoms with E-state index in [0.29, 0.717) is 5.95 Å². The molecule has 1 rings (SSSR count). The highest BCUT2D eigenvalue weighted by molar-refractivity contribution is 5.85. The van der Waals surface area contributed by atoms with Crippen LogP contribution in [0.4, 0.5) is 5.95 Å². The number of nitrogens with zero attached hydrogens (tertiary/aromatic N) is 2. The summed E-state index contributed by atoms with van der Waals surface area (Å²) in [5.74, 6) is 5.73. The summed E-state index contributed by atoms with van der Waals surface area (Å²) in [5.41, 5.74) is 2.43. The number of anilines is 1. The normalized spacial score (nSPS) is 7.40. The molecule has 4 nitrogen and oxygen atoms in total. The molecule has 1 heterocycles. The largest absolute Gasteiger partial charge is 0.320 e. The Hall–Kier alpha value is -0.450. The molecule has 0 aromatic carbocycles. The Morgan fingerprint density at radius 3 is 2.40 bits per heavy atom. The zero-order valence-electron chi connectivity index (χ0n) is 5.44. The van der Waals surface area contributed by atoms with Crippen LogP contribution >= 0.6 is 24.8 Å². The smallest absolute Gasteiger partial charge is 0.216 e. The number of hydrogen-bond donors (Lipinski definition) is 2. The summed E-state index contributed by atoms with van der Waals surface area (Å²) in [7, 11) is 1.86. The van der Waals surface area contributed by atoms with E-state index < -0.39 is 0 Å². The van der Waals surface area contributed by atoms with Crippen LogP contribution in [0.3, 0.4) is 0 Å². The molecule has 0 radical (unpaired) electrons. The second kappa shape index (κ2) is 5.34. The van der Waals surface area contributed by atoms with Crippen LogP contribution in [-0.4, -0.2) is 9.55 Å². The quantitative estimate of drug-likeness (QED) is 0.496. The monoisotopic (exact) mass is 184 g/mol. The van der Waals surface area contributed by atoms with E-state index in [1.54, 1.807) is 10.8 Å². The minimum Gasteiger partial charge on any atom is -0.320 e. The van der Waals surface area contributed by atoms with Gasteiger partial charge >= 0.3 is 0 Å². The van der Waals surface area contributed by atoms with Gasteiger partial charge in [0.2, 0.25) is 5.95 Å². The van der Waals surface area contributed by atoms with Crippen molar-refractivity contribution in [2.24, 2.45) is 12.9 Å². The molecule has 1 aromatic heterocycles. The highest BCUT2D eigenvalue weighted by Gasteiger charge is 1.89. The molecule has 0 bridgehead atoms. The van der Waals surface area contributed by atoms with Gasteiger partial charge in [-0.25, -0.2) is 10.8 Å². The molecule has 0 aliphatic rings. The van der Waals surface area contributed by atoms with Crippen molar-refractivity contribution in [3.63, 3.8) is 0 Å². The molecular weight excluding hydrogens is 175 g/mol. The number of imidazole rings is 1. The minimum absolute atomic E-state index is 0. The predicted octanol–water partition coefficient (Wildman–Crippen LogP) is 0.549. The molecule has 0 spiro atoms. The maximum atomic E-state index is 5.06. The zero-order valence-corrected chi connectivity index (χ0v) is 7.08. The number of nitrogens with two attached hydrogens (primary N) is 1. The Balaban J connectivity index is 0. The van der Waals surface area contributed by atoms with Crippen LogP contribution < -0.4 is 11.3 Å². The Bertz CT molecular complexity index is 176. The molecule has 1 aromatic rings. The minimum atomic E-state index is 0. The van der Waals surface area contributed by atoms with E-state index in [0.717, 1.165) is 0 Å². The molecule has 0 aliphatic carbocycles. The third kappa shape index (κ3) is 2.43. The summed E-state index contributed by atoms with van der Waals surface area (Å²) in [4.78, 5) is 3.86. The summed E-state index contributed by atoms with van der Waals surface area (Å²) < 4.78 is 1.79. The number of hydrazine groups is 1. The molecule has 0 unspecified atom stereocenters. The van der Waals surface area contributed by atoms with Gasteiger partial charge in [0.1, 0.15) is 0 Å².